The van der Waals surface area contributed by atoms with Crippen molar-refractivity contribution in [2.75, 3.05) is 82.3 Å². The number of carbonyl (C=O) groups excluding carboxylic acids is 1. The normalized spacial score (nSPS) is 20.2. The molecule has 278 valence electrons. The van der Waals surface area contributed by atoms with E-state index < -0.39 is 23.5 Å². The lowest BCUT2D eigenvalue weighted by Gasteiger charge is -2.38. The molecule has 3 heterocycles. The summed E-state index contributed by atoms with van der Waals surface area (Å²) < 4.78 is 48.4. The molecule has 0 radical (unpaired) electrons. The Morgan fingerprint density at radius 2 is 1.56 bits per heavy atom. The third-order valence-corrected chi connectivity index (χ3v) is 10.3. The molecule has 14 heteroatoms. The molecule has 2 fully saturated rings. The monoisotopic (exact) mass is 718 g/mol. The largest absolute Gasteiger partial charge is 0.491 e. The summed E-state index contributed by atoms with van der Waals surface area (Å²) in [6.07, 6.45) is 2.35. The van der Waals surface area contributed by atoms with Crippen molar-refractivity contribution in [1.29, 1.82) is 0 Å². The summed E-state index contributed by atoms with van der Waals surface area (Å²) in [4.78, 5) is 27.5. The number of hydrogen-bond acceptors (Lipinski definition) is 9. The Labute approximate surface area is 304 Å². The van der Waals surface area contributed by atoms with Gasteiger partial charge in [0.1, 0.15) is 49.3 Å². The Hall–Kier alpha value is -4.79. The maximum atomic E-state index is 14.9. The van der Waals surface area contributed by atoms with Crippen molar-refractivity contribution in [2.45, 2.75) is 44.4 Å². The van der Waals surface area contributed by atoms with Crippen molar-refractivity contribution < 1.29 is 27.8 Å². The highest BCUT2D eigenvalue weighted by Gasteiger charge is 2.46. The van der Waals surface area contributed by atoms with Crippen LogP contribution in [0.5, 0.6) is 5.75 Å². The van der Waals surface area contributed by atoms with E-state index in [2.05, 4.69) is 50.8 Å². The van der Waals surface area contributed by atoms with Gasteiger partial charge >= 0.3 is 6.03 Å². The van der Waals surface area contributed by atoms with Gasteiger partial charge in [-0.1, -0.05) is 0 Å². The number of rotatable bonds is 12. The van der Waals surface area contributed by atoms with Crippen molar-refractivity contribution in [3.63, 3.8) is 0 Å². The van der Waals surface area contributed by atoms with Crippen LogP contribution in [0.1, 0.15) is 19.4 Å². The molecule has 52 heavy (non-hydrogen) atoms. The van der Waals surface area contributed by atoms with E-state index in [4.69, 9.17) is 14.2 Å². The van der Waals surface area contributed by atoms with E-state index in [1.54, 1.807) is 9.80 Å². The van der Waals surface area contributed by atoms with Gasteiger partial charge in [-0.15, -0.1) is 0 Å². The van der Waals surface area contributed by atoms with E-state index in [9.17, 15) is 13.6 Å². The van der Waals surface area contributed by atoms with Crippen molar-refractivity contribution in [3.8, 4) is 5.75 Å². The number of nitrogens with zero attached hydrogens (tertiary/aromatic N) is 8. The van der Waals surface area contributed by atoms with E-state index in [1.165, 1.54) is 29.5 Å². The minimum absolute atomic E-state index is 0.0336. The molecular formula is C38H48F2N8O4. The summed E-state index contributed by atoms with van der Waals surface area (Å²) in [6, 6.07) is 19.7. The highest BCUT2D eigenvalue weighted by atomic mass is 19.1. The molecule has 0 spiro atoms. The Morgan fingerprint density at radius 3 is 2.13 bits per heavy atom. The quantitative estimate of drug-likeness (QED) is 0.200. The average molecular weight is 719 g/mol. The molecule has 6 rings (SSSR count). The third kappa shape index (κ3) is 8.14. The van der Waals surface area contributed by atoms with Gasteiger partial charge in [-0.05, 0) is 88.6 Å². The molecule has 3 aromatic carbocycles. The molecule has 2 amide bonds. The lowest BCUT2D eigenvalue weighted by molar-refractivity contribution is -0.192. The zero-order chi connectivity index (χ0) is 37.0. The fourth-order valence-electron chi connectivity index (χ4n) is 6.61. The van der Waals surface area contributed by atoms with Crippen LogP contribution in [-0.2, 0) is 21.8 Å². The van der Waals surface area contributed by atoms with Crippen LogP contribution in [0.25, 0.3) is 0 Å². The highest BCUT2D eigenvalue weighted by Crippen LogP contribution is 2.38. The first-order valence-corrected chi connectivity index (χ1v) is 17.5. The second-order valence-corrected chi connectivity index (χ2v) is 13.7. The van der Waals surface area contributed by atoms with Crippen LogP contribution in [0.4, 0.5) is 30.6 Å². The van der Waals surface area contributed by atoms with Gasteiger partial charge in [0.05, 0.1) is 6.61 Å². The smallest absolute Gasteiger partial charge is 0.324 e. The van der Waals surface area contributed by atoms with Crippen LogP contribution in [-0.4, -0.2) is 116 Å². The summed E-state index contributed by atoms with van der Waals surface area (Å²) >= 11 is 0. The molecule has 4 atom stereocenters. The van der Waals surface area contributed by atoms with Crippen LogP contribution in [0.2, 0.25) is 0 Å². The lowest BCUT2D eigenvalue weighted by atomic mass is 10.0. The molecule has 0 N–H and O–H groups in total. The van der Waals surface area contributed by atoms with Crippen molar-refractivity contribution in [1.82, 2.24) is 24.6 Å². The lowest BCUT2D eigenvalue weighted by Crippen LogP contribution is -2.50. The maximum absolute atomic E-state index is 14.9. The fourth-order valence-corrected chi connectivity index (χ4v) is 6.61. The first-order chi connectivity index (χ1) is 24.9. The first kappa shape index (κ1) is 37.0. The van der Waals surface area contributed by atoms with E-state index in [-0.39, 0.29) is 43.4 Å². The molecule has 1 aromatic heterocycles. The molecular weight excluding hydrogens is 670 g/mol. The molecule has 0 aliphatic carbocycles. The standard InChI is InChI=1S/C38H48F2N8O4/c1-27(43(3)4)28(2)44(5)37(49)45(6)30-8-10-31(11-9-30)46-17-19-47(20-18-46)32-12-14-33(15-13-32)50-22-34-23-51-38(52-34,24-48-26-41-25-42-48)35-16-7-29(39)21-36(35)40/h7-16,21,25-28,34H,17-20,22-24H2,1-6H3. The minimum atomic E-state index is -1.51. The number of benzene rings is 3. The second kappa shape index (κ2) is 15.8. The van der Waals surface area contributed by atoms with Crippen molar-refractivity contribution in [3.05, 3.63) is 96.6 Å². The molecule has 4 unspecified atom stereocenters. The predicted octanol–water partition coefficient (Wildman–Crippen LogP) is 5.06. The number of likely N-dealkylation sites (N-methyl/N-ethyl adjacent to an activating group) is 2. The fraction of sp³-hybridized carbons (Fsp3) is 0.447. The van der Waals surface area contributed by atoms with Gasteiger partial charge in [-0.25, -0.2) is 23.2 Å². The first-order valence-electron chi connectivity index (χ1n) is 17.5. The number of anilines is 3. The zero-order valence-electron chi connectivity index (χ0n) is 30.7. The number of halogens is 2. The number of hydrogen-bond donors (Lipinski definition) is 0. The number of urea groups is 1. The minimum Gasteiger partial charge on any atom is -0.491 e. The Morgan fingerprint density at radius 1 is 0.923 bits per heavy atom. The second-order valence-electron chi connectivity index (χ2n) is 13.7. The summed E-state index contributed by atoms with van der Waals surface area (Å²) in [6.45, 7) is 7.98. The number of ether oxygens (including phenoxy) is 3. The highest BCUT2D eigenvalue weighted by molar-refractivity contribution is 5.91. The van der Waals surface area contributed by atoms with Crippen LogP contribution < -0.4 is 19.4 Å². The molecule has 4 aromatic rings. The van der Waals surface area contributed by atoms with Crippen LogP contribution in [0.3, 0.4) is 0 Å². The Kier molecular flexibility index (Phi) is 11.3. The third-order valence-electron chi connectivity index (χ3n) is 10.3. The van der Waals surface area contributed by atoms with Crippen LogP contribution in [0.15, 0.2) is 79.4 Å². The van der Waals surface area contributed by atoms with Gasteiger partial charge < -0.3 is 33.8 Å². The number of carbonyl (C=O) groups is 1. The Bertz CT molecular complexity index is 1770. The number of piperazine rings is 1. The van der Waals surface area contributed by atoms with E-state index in [1.807, 2.05) is 64.6 Å². The number of aromatic nitrogens is 3. The van der Waals surface area contributed by atoms with Gasteiger partial charge in [0.15, 0.2) is 0 Å². The van der Waals surface area contributed by atoms with Gasteiger partial charge in [-0.2, -0.15) is 5.10 Å². The molecule has 12 nitrogen and oxygen atoms in total. The molecule has 0 bridgehead atoms. The van der Waals surface area contributed by atoms with E-state index in [0.29, 0.717) is 5.75 Å². The van der Waals surface area contributed by atoms with Crippen molar-refractivity contribution in [2.24, 2.45) is 0 Å². The van der Waals surface area contributed by atoms with Gasteiger partial charge in [0, 0.05) is 81.1 Å². The molecule has 0 saturated carbocycles. The van der Waals surface area contributed by atoms with E-state index >= 15 is 0 Å². The predicted molar refractivity (Wildman–Crippen MR) is 196 cm³/mol. The maximum Gasteiger partial charge on any atom is 0.324 e. The molecule has 2 saturated heterocycles. The van der Waals surface area contributed by atoms with Crippen LogP contribution in [0, 0.1) is 11.6 Å². The SMILES string of the molecule is CC(C(C)N(C)C(=O)N(C)c1ccc(N2CCN(c3ccc(OCC4COC(Cn5cncn5)(c5ccc(F)cc5F)O4)cc3)CC2)cc1)N(C)C. The summed E-state index contributed by atoms with van der Waals surface area (Å²) in [5.74, 6) is -2.29. The van der Waals surface area contributed by atoms with E-state index in [0.717, 1.165) is 49.3 Å². The summed E-state index contributed by atoms with van der Waals surface area (Å²) in [7, 11) is 7.72. The van der Waals surface area contributed by atoms with Gasteiger partial charge in [0.2, 0.25) is 5.79 Å². The zero-order valence-corrected chi connectivity index (χ0v) is 30.7. The van der Waals surface area contributed by atoms with Gasteiger partial charge in [0.25, 0.3) is 0 Å². The van der Waals surface area contributed by atoms with Gasteiger partial charge in [-0.3, -0.25) is 4.90 Å². The molecule has 2 aliphatic rings. The Balaban J connectivity index is 0.993. The van der Waals surface area contributed by atoms with Crippen LogP contribution >= 0.6 is 0 Å². The summed E-state index contributed by atoms with van der Waals surface area (Å²) in [5.41, 5.74) is 3.16. The number of amides is 2. The molecule has 2 aliphatic heterocycles. The van der Waals surface area contributed by atoms with Crippen molar-refractivity contribution >= 4 is 23.1 Å². The summed E-state index contributed by atoms with van der Waals surface area (Å²) in [5, 5.41) is 4.11. The average Bonchev–Trinajstić information content (AvgIpc) is 3.83. The topological polar surface area (TPSA) is 91.7 Å².